The van der Waals surface area contributed by atoms with Crippen molar-refractivity contribution in [2.75, 3.05) is 11.4 Å². The molecular formula is C15H20N2O5S. The summed E-state index contributed by atoms with van der Waals surface area (Å²) < 4.78 is 26.9. The van der Waals surface area contributed by atoms with Crippen molar-refractivity contribution in [1.29, 1.82) is 0 Å². The third-order valence-electron chi connectivity index (χ3n) is 3.90. The smallest absolute Gasteiger partial charge is 0.308 e. The minimum atomic E-state index is -3.60. The van der Waals surface area contributed by atoms with Crippen LogP contribution in [0.2, 0.25) is 0 Å². The highest BCUT2D eigenvalue weighted by atomic mass is 32.2. The predicted octanol–water partition coefficient (Wildman–Crippen LogP) is 1.20. The van der Waals surface area contributed by atoms with Gasteiger partial charge >= 0.3 is 5.97 Å². The van der Waals surface area contributed by atoms with Crippen LogP contribution in [0.4, 0.5) is 5.69 Å². The second kappa shape index (κ2) is 6.67. The standard InChI is InChI=1S/C15H20N2O5S/c1-3-10(2)16-23(21,22)13-6-4-12(5-7-13)17-9-11(15(19)20)8-14(17)18/h4-7,10-11,16H,3,8-9H2,1-2H3,(H,19,20). The average Bonchev–Trinajstić information content (AvgIpc) is 2.89. The van der Waals surface area contributed by atoms with E-state index in [9.17, 15) is 18.0 Å². The number of aliphatic carboxylic acids is 1. The SMILES string of the molecule is CCC(C)NS(=O)(=O)c1ccc(N2CC(C(=O)O)CC2=O)cc1. The summed E-state index contributed by atoms with van der Waals surface area (Å²) in [5.74, 6) is -2.00. The van der Waals surface area contributed by atoms with Crippen LogP contribution in [0, 0.1) is 5.92 Å². The molecule has 1 heterocycles. The molecule has 1 saturated heterocycles. The van der Waals surface area contributed by atoms with Gasteiger partial charge in [-0.05, 0) is 37.6 Å². The van der Waals surface area contributed by atoms with Gasteiger partial charge in [0.1, 0.15) is 0 Å². The van der Waals surface area contributed by atoms with Crippen molar-refractivity contribution < 1.29 is 23.1 Å². The highest BCUT2D eigenvalue weighted by Crippen LogP contribution is 2.26. The van der Waals surface area contributed by atoms with Crippen LogP contribution < -0.4 is 9.62 Å². The van der Waals surface area contributed by atoms with Crippen molar-refractivity contribution in [2.24, 2.45) is 5.92 Å². The molecule has 126 valence electrons. The van der Waals surface area contributed by atoms with Crippen molar-refractivity contribution in [1.82, 2.24) is 4.72 Å². The summed E-state index contributed by atoms with van der Waals surface area (Å²) in [5.41, 5.74) is 0.501. The minimum absolute atomic E-state index is 0.0368. The molecule has 1 aliphatic rings. The van der Waals surface area contributed by atoms with E-state index in [2.05, 4.69) is 4.72 Å². The molecule has 1 aromatic rings. The number of nitrogens with one attached hydrogen (secondary N) is 1. The van der Waals surface area contributed by atoms with Gasteiger partial charge in [-0.15, -0.1) is 0 Å². The number of amides is 1. The largest absolute Gasteiger partial charge is 0.481 e. The molecule has 2 N–H and O–H groups in total. The van der Waals surface area contributed by atoms with E-state index < -0.39 is 21.9 Å². The third kappa shape index (κ3) is 3.89. The van der Waals surface area contributed by atoms with Crippen LogP contribution in [0.5, 0.6) is 0 Å². The molecular weight excluding hydrogens is 320 g/mol. The number of carboxylic acids is 1. The fourth-order valence-corrected chi connectivity index (χ4v) is 3.67. The van der Waals surface area contributed by atoms with Crippen molar-refractivity contribution in [3.63, 3.8) is 0 Å². The maximum Gasteiger partial charge on any atom is 0.308 e. The molecule has 0 bridgehead atoms. The van der Waals surface area contributed by atoms with E-state index in [4.69, 9.17) is 5.11 Å². The number of carboxylic acid groups (broad SMARTS) is 1. The number of benzene rings is 1. The summed E-state index contributed by atoms with van der Waals surface area (Å²) in [6.45, 7) is 3.76. The Morgan fingerprint density at radius 2 is 2.00 bits per heavy atom. The zero-order valence-corrected chi connectivity index (χ0v) is 13.8. The molecule has 23 heavy (non-hydrogen) atoms. The second-order valence-corrected chi connectivity index (χ2v) is 7.38. The molecule has 2 atom stereocenters. The highest BCUT2D eigenvalue weighted by molar-refractivity contribution is 7.89. The Morgan fingerprint density at radius 1 is 1.39 bits per heavy atom. The lowest BCUT2D eigenvalue weighted by atomic mass is 10.1. The number of anilines is 1. The van der Waals surface area contributed by atoms with E-state index >= 15 is 0 Å². The molecule has 0 spiro atoms. The number of nitrogens with zero attached hydrogens (tertiary/aromatic N) is 1. The van der Waals surface area contributed by atoms with Crippen molar-refractivity contribution in [3.8, 4) is 0 Å². The van der Waals surface area contributed by atoms with Gasteiger partial charge in [-0.1, -0.05) is 6.92 Å². The van der Waals surface area contributed by atoms with Crippen molar-refractivity contribution in [3.05, 3.63) is 24.3 Å². The Balaban J connectivity index is 2.17. The number of hydrogen-bond acceptors (Lipinski definition) is 4. The molecule has 1 amide bonds. The van der Waals surface area contributed by atoms with E-state index in [0.717, 1.165) is 0 Å². The molecule has 0 saturated carbocycles. The van der Waals surface area contributed by atoms with E-state index in [1.54, 1.807) is 6.92 Å². The normalized spacial score (nSPS) is 19.8. The van der Waals surface area contributed by atoms with E-state index in [0.29, 0.717) is 12.1 Å². The summed E-state index contributed by atoms with van der Waals surface area (Å²) in [6, 6.07) is 5.71. The molecule has 1 fully saturated rings. The quantitative estimate of drug-likeness (QED) is 0.810. The molecule has 0 aliphatic carbocycles. The Morgan fingerprint density at radius 3 is 2.48 bits per heavy atom. The zero-order chi connectivity index (χ0) is 17.2. The van der Waals surface area contributed by atoms with Gasteiger partial charge in [0.2, 0.25) is 15.9 Å². The fourth-order valence-electron chi connectivity index (χ4n) is 2.34. The van der Waals surface area contributed by atoms with Gasteiger partial charge in [0.25, 0.3) is 0 Å². The first kappa shape index (κ1) is 17.4. The van der Waals surface area contributed by atoms with E-state index in [1.165, 1.54) is 29.2 Å². The fraction of sp³-hybridized carbons (Fsp3) is 0.467. The molecule has 8 heteroatoms. The van der Waals surface area contributed by atoms with Crippen LogP contribution in [0.1, 0.15) is 26.7 Å². The van der Waals surface area contributed by atoms with Crippen LogP contribution in [0.15, 0.2) is 29.2 Å². The molecule has 2 rings (SSSR count). The molecule has 0 radical (unpaired) electrons. The minimum Gasteiger partial charge on any atom is -0.481 e. The first-order valence-electron chi connectivity index (χ1n) is 7.40. The van der Waals surface area contributed by atoms with Gasteiger partial charge in [-0.3, -0.25) is 9.59 Å². The summed E-state index contributed by atoms with van der Waals surface area (Å²) in [4.78, 5) is 24.3. The topological polar surface area (TPSA) is 104 Å². The van der Waals surface area contributed by atoms with E-state index in [-0.39, 0.29) is 29.8 Å². The van der Waals surface area contributed by atoms with Crippen molar-refractivity contribution >= 4 is 27.6 Å². The monoisotopic (exact) mass is 340 g/mol. The number of carbonyl (C=O) groups excluding carboxylic acids is 1. The lowest BCUT2D eigenvalue weighted by Gasteiger charge is -2.17. The van der Waals surface area contributed by atoms with Crippen LogP contribution >= 0.6 is 0 Å². The predicted molar refractivity (Wildman–Crippen MR) is 84.6 cm³/mol. The van der Waals surface area contributed by atoms with Gasteiger partial charge in [0.05, 0.1) is 10.8 Å². The summed E-state index contributed by atoms with van der Waals surface area (Å²) >= 11 is 0. The Labute approximate surface area is 135 Å². The summed E-state index contributed by atoms with van der Waals surface area (Å²) in [7, 11) is -3.60. The molecule has 1 aromatic carbocycles. The molecule has 1 aliphatic heterocycles. The van der Waals surface area contributed by atoms with E-state index in [1.807, 2.05) is 6.92 Å². The second-order valence-electron chi connectivity index (χ2n) is 5.67. The number of rotatable bonds is 6. The third-order valence-corrected chi connectivity index (χ3v) is 5.51. The van der Waals surface area contributed by atoms with Gasteiger partial charge < -0.3 is 10.0 Å². The molecule has 7 nitrogen and oxygen atoms in total. The Hall–Kier alpha value is -1.93. The number of hydrogen-bond donors (Lipinski definition) is 2. The lowest BCUT2D eigenvalue weighted by molar-refractivity contribution is -0.141. The van der Waals surface area contributed by atoms with Crippen LogP contribution in [-0.2, 0) is 19.6 Å². The lowest BCUT2D eigenvalue weighted by Crippen LogP contribution is -2.32. The van der Waals surface area contributed by atoms with Crippen LogP contribution in [0.25, 0.3) is 0 Å². The first-order chi connectivity index (χ1) is 10.7. The van der Waals surface area contributed by atoms with Gasteiger partial charge in [0.15, 0.2) is 0 Å². The van der Waals surface area contributed by atoms with Crippen molar-refractivity contribution in [2.45, 2.75) is 37.6 Å². The number of sulfonamides is 1. The summed E-state index contributed by atoms with van der Waals surface area (Å²) in [6.07, 6.45) is 0.640. The summed E-state index contributed by atoms with van der Waals surface area (Å²) in [5, 5.41) is 8.99. The van der Waals surface area contributed by atoms with Gasteiger partial charge in [-0.25, -0.2) is 13.1 Å². The molecule has 0 aromatic heterocycles. The highest BCUT2D eigenvalue weighted by Gasteiger charge is 2.35. The molecule has 2 unspecified atom stereocenters. The first-order valence-corrected chi connectivity index (χ1v) is 8.88. The maximum atomic E-state index is 12.2. The zero-order valence-electron chi connectivity index (χ0n) is 13.0. The van der Waals surface area contributed by atoms with Gasteiger partial charge in [0, 0.05) is 24.7 Å². The van der Waals surface area contributed by atoms with Crippen LogP contribution in [-0.4, -0.2) is 38.0 Å². The Bertz CT molecular complexity index is 699. The Kier molecular flexibility index (Phi) is 5.06. The van der Waals surface area contributed by atoms with Gasteiger partial charge in [-0.2, -0.15) is 0 Å². The maximum absolute atomic E-state index is 12.2. The number of carbonyl (C=O) groups is 2. The average molecular weight is 340 g/mol. The van der Waals surface area contributed by atoms with Crippen LogP contribution in [0.3, 0.4) is 0 Å².